The molecular weight excluding hydrogens is 449 g/mol. The lowest BCUT2D eigenvalue weighted by Crippen LogP contribution is -2.52. The fourth-order valence-corrected chi connectivity index (χ4v) is 4.20. The molecule has 1 saturated heterocycles. The van der Waals surface area contributed by atoms with Crippen molar-refractivity contribution in [3.63, 3.8) is 0 Å². The highest BCUT2D eigenvalue weighted by Crippen LogP contribution is 2.36. The molecule has 4 heterocycles. The molecule has 1 aromatic carbocycles. The highest BCUT2D eigenvalue weighted by Gasteiger charge is 2.53. The normalized spacial score (nSPS) is 19.3. The van der Waals surface area contributed by atoms with Crippen molar-refractivity contribution in [2.24, 2.45) is 0 Å². The Balaban J connectivity index is 1.53. The second kappa shape index (κ2) is 7.54. The SMILES string of the molecule is COc1ccc2c(c1F)C(=O)N(CC1(c3cc4ccc(NC(C)=O)nc4o3)NC(=O)NC1=O)C2. The number of nitrogens with one attached hydrogen (secondary N) is 3. The third kappa shape index (κ3) is 3.22. The number of furan rings is 1. The second-order valence-corrected chi connectivity index (χ2v) is 7.97. The van der Waals surface area contributed by atoms with Crippen molar-refractivity contribution >= 4 is 40.7 Å². The maximum absolute atomic E-state index is 14.8. The number of hydrogen-bond donors (Lipinski definition) is 3. The van der Waals surface area contributed by atoms with Crippen molar-refractivity contribution in [1.82, 2.24) is 20.5 Å². The molecule has 3 N–H and O–H groups in total. The Kier molecular flexibility index (Phi) is 4.74. The Labute approximate surface area is 191 Å². The van der Waals surface area contributed by atoms with E-state index < -0.39 is 29.2 Å². The minimum Gasteiger partial charge on any atom is -0.494 e. The van der Waals surface area contributed by atoms with Crippen LogP contribution in [-0.2, 0) is 21.7 Å². The van der Waals surface area contributed by atoms with Crippen LogP contribution in [0, 0.1) is 5.82 Å². The zero-order chi connectivity index (χ0) is 24.2. The van der Waals surface area contributed by atoms with E-state index in [1.807, 2.05) is 0 Å². The highest BCUT2D eigenvalue weighted by atomic mass is 19.1. The summed E-state index contributed by atoms with van der Waals surface area (Å²) in [6.45, 7) is 1.03. The number of hydrogen-bond acceptors (Lipinski definition) is 7. The molecule has 1 fully saturated rings. The number of anilines is 1. The zero-order valence-electron chi connectivity index (χ0n) is 18.0. The Morgan fingerprint density at radius 3 is 2.76 bits per heavy atom. The molecule has 0 aliphatic carbocycles. The molecule has 2 aliphatic rings. The van der Waals surface area contributed by atoms with E-state index in [4.69, 9.17) is 9.15 Å². The van der Waals surface area contributed by atoms with Gasteiger partial charge in [-0.25, -0.2) is 9.18 Å². The summed E-state index contributed by atoms with van der Waals surface area (Å²) >= 11 is 0. The molecule has 5 rings (SSSR count). The number of ether oxygens (including phenoxy) is 1. The van der Waals surface area contributed by atoms with Crippen molar-refractivity contribution in [3.8, 4) is 5.75 Å². The molecule has 2 aliphatic heterocycles. The summed E-state index contributed by atoms with van der Waals surface area (Å²) in [5, 5.41) is 7.76. The van der Waals surface area contributed by atoms with Gasteiger partial charge in [-0.2, -0.15) is 4.98 Å². The molecule has 0 spiro atoms. The molecule has 2 aromatic heterocycles. The van der Waals surface area contributed by atoms with Crippen molar-refractivity contribution in [3.05, 3.63) is 53.0 Å². The lowest BCUT2D eigenvalue weighted by atomic mass is 9.95. The second-order valence-electron chi connectivity index (χ2n) is 7.97. The first-order chi connectivity index (χ1) is 16.2. The number of nitrogens with zero attached hydrogens (tertiary/aromatic N) is 2. The van der Waals surface area contributed by atoms with Gasteiger partial charge in [0.2, 0.25) is 11.6 Å². The number of methoxy groups -OCH3 is 1. The van der Waals surface area contributed by atoms with Gasteiger partial charge in [-0.3, -0.25) is 19.7 Å². The Hall–Kier alpha value is -4.48. The molecule has 5 amide bonds. The number of halogens is 1. The summed E-state index contributed by atoms with van der Waals surface area (Å²) < 4.78 is 25.5. The number of pyridine rings is 1. The third-order valence-electron chi connectivity index (χ3n) is 5.75. The maximum Gasteiger partial charge on any atom is 0.322 e. The first-order valence-electron chi connectivity index (χ1n) is 10.2. The first kappa shape index (κ1) is 21.4. The number of imide groups is 1. The van der Waals surface area contributed by atoms with Gasteiger partial charge in [0.05, 0.1) is 19.2 Å². The van der Waals surface area contributed by atoms with Gasteiger partial charge in [-0.15, -0.1) is 0 Å². The molecule has 0 saturated carbocycles. The van der Waals surface area contributed by atoms with Gasteiger partial charge in [-0.05, 0) is 29.8 Å². The molecule has 34 heavy (non-hydrogen) atoms. The third-order valence-corrected chi connectivity index (χ3v) is 5.75. The number of aromatic nitrogens is 1. The largest absolute Gasteiger partial charge is 0.494 e. The van der Waals surface area contributed by atoms with E-state index in [-0.39, 0.29) is 47.6 Å². The van der Waals surface area contributed by atoms with Crippen LogP contribution < -0.4 is 20.7 Å². The Morgan fingerprint density at radius 1 is 1.29 bits per heavy atom. The number of fused-ring (bicyclic) bond motifs is 2. The standard InChI is InChI=1S/C22H18FN5O6/c1-10(29)24-15-6-4-11-7-14(34-18(11)25-15)22(20(31)26-21(32)27-22)9-28-8-12-3-5-13(33-2)17(23)16(12)19(28)30/h3-7H,8-9H2,1-2H3,(H,24,25,29)(H2,26,27,31,32). The van der Waals surface area contributed by atoms with E-state index in [0.29, 0.717) is 10.9 Å². The number of carbonyl (C=O) groups is 4. The van der Waals surface area contributed by atoms with Crippen LogP contribution in [0.15, 0.2) is 34.7 Å². The van der Waals surface area contributed by atoms with Crippen molar-refractivity contribution in [2.45, 2.75) is 19.0 Å². The van der Waals surface area contributed by atoms with E-state index in [9.17, 15) is 23.6 Å². The topological polar surface area (TPSA) is 143 Å². The van der Waals surface area contributed by atoms with Crippen molar-refractivity contribution < 1.29 is 32.7 Å². The van der Waals surface area contributed by atoms with Crippen LogP contribution in [0.1, 0.15) is 28.6 Å². The van der Waals surface area contributed by atoms with Gasteiger partial charge < -0.3 is 24.7 Å². The van der Waals surface area contributed by atoms with Gasteiger partial charge in [0, 0.05) is 18.9 Å². The smallest absolute Gasteiger partial charge is 0.322 e. The Bertz CT molecular complexity index is 1400. The predicted octanol–water partition coefficient (Wildman–Crippen LogP) is 1.62. The summed E-state index contributed by atoms with van der Waals surface area (Å²) in [4.78, 5) is 54.9. The lowest BCUT2D eigenvalue weighted by Gasteiger charge is -2.28. The molecule has 12 heteroatoms. The van der Waals surface area contributed by atoms with Crippen LogP contribution in [-0.4, -0.2) is 47.3 Å². The van der Waals surface area contributed by atoms with Crippen LogP contribution in [0.25, 0.3) is 11.1 Å². The summed E-state index contributed by atoms with van der Waals surface area (Å²) in [5.74, 6) is -2.31. The van der Waals surface area contributed by atoms with Crippen LogP contribution in [0.4, 0.5) is 15.0 Å². The molecule has 174 valence electrons. The predicted molar refractivity (Wildman–Crippen MR) is 114 cm³/mol. The monoisotopic (exact) mass is 467 g/mol. The average Bonchev–Trinajstić information content (AvgIpc) is 3.42. The number of carbonyl (C=O) groups excluding carboxylic acids is 4. The average molecular weight is 467 g/mol. The van der Waals surface area contributed by atoms with Gasteiger partial charge in [0.25, 0.3) is 11.8 Å². The molecular formula is C22H18FN5O6. The lowest BCUT2D eigenvalue weighted by molar-refractivity contribution is -0.125. The molecule has 1 unspecified atom stereocenters. The Morgan fingerprint density at radius 2 is 2.09 bits per heavy atom. The maximum atomic E-state index is 14.8. The van der Waals surface area contributed by atoms with E-state index in [1.54, 1.807) is 18.2 Å². The number of benzene rings is 1. The molecule has 11 nitrogen and oxygen atoms in total. The van der Waals surface area contributed by atoms with E-state index in [2.05, 4.69) is 20.9 Å². The molecule has 0 bridgehead atoms. The van der Waals surface area contributed by atoms with Crippen LogP contribution in [0.5, 0.6) is 5.75 Å². The number of rotatable bonds is 5. The number of amides is 5. The van der Waals surface area contributed by atoms with Crippen molar-refractivity contribution in [1.29, 1.82) is 0 Å². The fourth-order valence-electron chi connectivity index (χ4n) is 4.20. The van der Waals surface area contributed by atoms with E-state index in [1.165, 1.54) is 31.1 Å². The highest BCUT2D eigenvalue weighted by molar-refractivity contribution is 6.08. The van der Waals surface area contributed by atoms with E-state index in [0.717, 1.165) is 0 Å². The van der Waals surface area contributed by atoms with Crippen LogP contribution in [0.2, 0.25) is 0 Å². The fraction of sp³-hybridized carbons (Fsp3) is 0.227. The first-order valence-corrected chi connectivity index (χ1v) is 10.2. The van der Waals surface area contributed by atoms with Crippen molar-refractivity contribution in [2.75, 3.05) is 19.0 Å². The number of urea groups is 1. The molecule has 0 radical (unpaired) electrons. The summed E-state index contributed by atoms with van der Waals surface area (Å²) in [6.07, 6.45) is 0. The summed E-state index contributed by atoms with van der Waals surface area (Å²) in [5.41, 5.74) is -1.38. The van der Waals surface area contributed by atoms with Crippen LogP contribution >= 0.6 is 0 Å². The van der Waals surface area contributed by atoms with Gasteiger partial charge in [0.1, 0.15) is 11.6 Å². The molecule has 1 atom stereocenters. The minimum atomic E-state index is -1.77. The zero-order valence-corrected chi connectivity index (χ0v) is 18.0. The van der Waals surface area contributed by atoms with Crippen LogP contribution in [0.3, 0.4) is 0 Å². The molecule has 3 aromatic rings. The van der Waals surface area contributed by atoms with Gasteiger partial charge in [0.15, 0.2) is 17.1 Å². The summed E-state index contributed by atoms with van der Waals surface area (Å²) in [6, 6.07) is 6.92. The van der Waals surface area contributed by atoms with Gasteiger partial charge in [-0.1, -0.05) is 6.07 Å². The van der Waals surface area contributed by atoms with E-state index >= 15 is 0 Å². The minimum absolute atomic E-state index is 0.0190. The quantitative estimate of drug-likeness (QED) is 0.484. The summed E-state index contributed by atoms with van der Waals surface area (Å²) in [7, 11) is 1.29. The van der Waals surface area contributed by atoms with Gasteiger partial charge >= 0.3 is 6.03 Å².